The number of ether oxygens (including phenoxy) is 1. The summed E-state index contributed by atoms with van der Waals surface area (Å²) in [5.41, 5.74) is 1.23. The van der Waals surface area contributed by atoms with Gasteiger partial charge in [0.1, 0.15) is 0 Å². The maximum atomic E-state index is 10.7. The fourth-order valence-corrected chi connectivity index (χ4v) is 3.42. The van der Waals surface area contributed by atoms with Crippen LogP contribution in [-0.2, 0) is 4.74 Å². The molecule has 104 valence electrons. The van der Waals surface area contributed by atoms with Crippen LogP contribution in [0.2, 0.25) is 19.6 Å². The normalized spacial score (nSPS) is 13.7. The van der Waals surface area contributed by atoms with E-state index in [9.17, 15) is 10.1 Å². The van der Waals surface area contributed by atoms with Gasteiger partial charge in [0.15, 0.2) is 0 Å². The molecule has 1 rings (SSSR count). The Bertz CT molecular complexity index is 466. The molecule has 0 spiro atoms. The molecule has 0 fully saturated rings. The Morgan fingerprint density at radius 1 is 1.42 bits per heavy atom. The minimum Gasteiger partial charge on any atom is -0.385 e. The van der Waals surface area contributed by atoms with Crippen molar-refractivity contribution in [2.45, 2.75) is 31.8 Å². The lowest BCUT2D eigenvalue weighted by atomic mass is 10.2. The van der Waals surface area contributed by atoms with Gasteiger partial charge < -0.3 is 4.74 Å². The van der Waals surface area contributed by atoms with Gasteiger partial charge in [0, 0.05) is 19.2 Å². The Morgan fingerprint density at radius 3 is 2.63 bits per heavy atom. The zero-order valence-corrected chi connectivity index (χ0v) is 12.9. The van der Waals surface area contributed by atoms with Crippen LogP contribution in [0.15, 0.2) is 30.3 Å². The van der Waals surface area contributed by atoms with Crippen LogP contribution in [0.4, 0.5) is 5.69 Å². The van der Waals surface area contributed by atoms with E-state index in [1.807, 2.05) is 18.2 Å². The van der Waals surface area contributed by atoms with E-state index in [2.05, 4.69) is 19.6 Å². The molecule has 4 nitrogen and oxygen atoms in total. The fourth-order valence-electron chi connectivity index (χ4n) is 1.87. The van der Waals surface area contributed by atoms with Crippen LogP contribution in [-0.4, -0.2) is 25.8 Å². The summed E-state index contributed by atoms with van der Waals surface area (Å²) in [4.78, 5) is 10.3. The number of non-ortho nitro benzene ring substituents is 1. The van der Waals surface area contributed by atoms with Gasteiger partial charge in [-0.3, -0.25) is 10.1 Å². The van der Waals surface area contributed by atoms with E-state index in [-0.39, 0.29) is 16.3 Å². The van der Waals surface area contributed by atoms with Crippen LogP contribution in [0.25, 0.3) is 6.08 Å². The lowest BCUT2D eigenvalue weighted by molar-refractivity contribution is -0.384. The molecule has 1 aromatic rings. The van der Waals surface area contributed by atoms with Gasteiger partial charge in [0.2, 0.25) is 0 Å². The number of nitro benzene ring substituents is 1. The highest BCUT2D eigenvalue weighted by Gasteiger charge is 2.25. The van der Waals surface area contributed by atoms with Gasteiger partial charge in [0.05, 0.1) is 18.7 Å². The van der Waals surface area contributed by atoms with Crippen molar-refractivity contribution in [2.75, 3.05) is 7.11 Å². The summed E-state index contributed by atoms with van der Waals surface area (Å²) in [6.45, 7) is 6.80. The Hall–Kier alpha value is -1.46. The number of nitrogens with zero attached hydrogens (tertiary/aromatic N) is 1. The van der Waals surface area contributed by atoms with Crippen molar-refractivity contribution in [1.82, 2.24) is 0 Å². The summed E-state index contributed by atoms with van der Waals surface area (Å²) < 4.78 is 5.52. The molecule has 1 atom stereocenters. The summed E-state index contributed by atoms with van der Waals surface area (Å²) in [6, 6.07) is 6.63. The van der Waals surface area contributed by atoms with E-state index in [0.29, 0.717) is 0 Å². The highest BCUT2D eigenvalue weighted by molar-refractivity contribution is 6.77. The largest absolute Gasteiger partial charge is 0.385 e. The standard InChI is InChI=1S/C14H21NO3Si/c1-18-14(19(2,3)4)10-6-8-12-7-5-9-13(11-12)15(16)17/h5-9,11,14H,10H2,1-4H3. The third-order valence-corrected chi connectivity index (χ3v) is 5.40. The molecular formula is C14H21NO3Si. The van der Waals surface area contributed by atoms with E-state index in [0.717, 1.165) is 12.0 Å². The highest BCUT2D eigenvalue weighted by atomic mass is 28.3. The molecule has 0 radical (unpaired) electrons. The predicted octanol–water partition coefficient (Wildman–Crippen LogP) is 3.89. The first-order chi connectivity index (χ1) is 8.84. The molecule has 0 aromatic heterocycles. The van der Waals surface area contributed by atoms with Crippen molar-refractivity contribution in [2.24, 2.45) is 0 Å². The Kier molecular flexibility index (Phi) is 5.44. The molecule has 0 aliphatic heterocycles. The molecule has 0 aliphatic carbocycles. The highest BCUT2D eigenvalue weighted by Crippen LogP contribution is 2.17. The maximum absolute atomic E-state index is 10.7. The first-order valence-corrected chi connectivity index (χ1v) is 9.86. The van der Waals surface area contributed by atoms with Crippen molar-refractivity contribution in [3.05, 3.63) is 46.0 Å². The first-order valence-electron chi connectivity index (χ1n) is 6.28. The van der Waals surface area contributed by atoms with E-state index < -0.39 is 8.07 Å². The van der Waals surface area contributed by atoms with Crippen molar-refractivity contribution in [1.29, 1.82) is 0 Å². The van der Waals surface area contributed by atoms with Crippen LogP contribution in [0.5, 0.6) is 0 Å². The van der Waals surface area contributed by atoms with Gasteiger partial charge in [-0.2, -0.15) is 0 Å². The van der Waals surface area contributed by atoms with E-state index in [1.54, 1.807) is 19.2 Å². The smallest absolute Gasteiger partial charge is 0.270 e. The van der Waals surface area contributed by atoms with Crippen LogP contribution in [0.1, 0.15) is 12.0 Å². The third kappa shape index (κ3) is 4.96. The van der Waals surface area contributed by atoms with Gasteiger partial charge in [-0.25, -0.2) is 0 Å². The molecule has 0 bridgehead atoms. The topological polar surface area (TPSA) is 52.4 Å². The maximum Gasteiger partial charge on any atom is 0.270 e. The number of rotatable bonds is 6. The molecule has 0 heterocycles. The van der Waals surface area contributed by atoms with Gasteiger partial charge in [0.25, 0.3) is 5.69 Å². The number of hydrogen-bond donors (Lipinski definition) is 0. The predicted molar refractivity (Wildman–Crippen MR) is 80.9 cm³/mol. The Balaban J connectivity index is 2.72. The molecule has 0 N–H and O–H groups in total. The number of nitro groups is 1. The average molecular weight is 279 g/mol. The molecule has 5 heteroatoms. The summed E-state index contributed by atoms with van der Waals surface area (Å²) in [5.74, 6) is 0. The molecule has 0 amide bonds. The second-order valence-corrected chi connectivity index (χ2v) is 11.0. The van der Waals surface area contributed by atoms with Crippen molar-refractivity contribution >= 4 is 19.8 Å². The van der Waals surface area contributed by atoms with Crippen LogP contribution >= 0.6 is 0 Å². The van der Waals surface area contributed by atoms with Gasteiger partial charge >= 0.3 is 0 Å². The molecule has 1 unspecified atom stereocenters. The second kappa shape index (κ2) is 6.63. The Morgan fingerprint density at radius 2 is 2.11 bits per heavy atom. The van der Waals surface area contributed by atoms with E-state index in [1.165, 1.54) is 6.07 Å². The molecular weight excluding hydrogens is 258 g/mol. The summed E-state index contributed by atoms with van der Waals surface area (Å²) >= 11 is 0. The van der Waals surface area contributed by atoms with Gasteiger partial charge in [-0.05, 0) is 12.0 Å². The lowest BCUT2D eigenvalue weighted by Crippen LogP contribution is -2.39. The molecule has 0 saturated heterocycles. The molecule has 0 aliphatic rings. The summed E-state index contributed by atoms with van der Waals surface area (Å²) in [7, 11) is 0.405. The third-order valence-electron chi connectivity index (χ3n) is 2.99. The Labute approximate surface area is 115 Å². The van der Waals surface area contributed by atoms with Crippen molar-refractivity contribution < 1.29 is 9.66 Å². The van der Waals surface area contributed by atoms with E-state index in [4.69, 9.17) is 4.74 Å². The summed E-state index contributed by atoms with van der Waals surface area (Å²) in [6.07, 6.45) is 4.79. The number of hydrogen-bond acceptors (Lipinski definition) is 3. The fraction of sp³-hybridized carbons (Fsp3) is 0.429. The average Bonchev–Trinajstić information content (AvgIpc) is 2.33. The van der Waals surface area contributed by atoms with Gasteiger partial charge in [-0.1, -0.05) is 43.9 Å². The first kappa shape index (κ1) is 15.6. The van der Waals surface area contributed by atoms with Gasteiger partial charge in [-0.15, -0.1) is 0 Å². The zero-order valence-electron chi connectivity index (χ0n) is 11.9. The quantitative estimate of drug-likeness (QED) is 0.451. The minimum atomic E-state index is -1.34. The number of methoxy groups -OCH3 is 1. The van der Waals surface area contributed by atoms with Crippen molar-refractivity contribution in [3.63, 3.8) is 0 Å². The second-order valence-electron chi connectivity index (χ2n) is 5.58. The van der Waals surface area contributed by atoms with Crippen LogP contribution in [0, 0.1) is 10.1 Å². The molecule has 19 heavy (non-hydrogen) atoms. The summed E-state index contributed by atoms with van der Waals surface area (Å²) in [5, 5.41) is 10.7. The number of benzene rings is 1. The van der Waals surface area contributed by atoms with E-state index >= 15 is 0 Å². The lowest BCUT2D eigenvalue weighted by Gasteiger charge is -2.26. The zero-order chi connectivity index (χ0) is 14.5. The molecule has 0 saturated carbocycles. The minimum absolute atomic E-state index is 0.121. The van der Waals surface area contributed by atoms with Crippen LogP contribution < -0.4 is 0 Å². The SMILES string of the molecule is COC(CC=Cc1cccc([N+](=O)[O-])c1)[Si](C)(C)C. The molecule has 1 aromatic carbocycles. The van der Waals surface area contributed by atoms with Crippen LogP contribution in [0.3, 0.4) is 0 Å². The monoisotopic (exact) mass is 279 g/mol. The van der Waals surface area contributed by atoms with Crippen molar-refractivity contribution in [3.8, 4) is 0 Å².